The summed E-state index contributed by atoms with van der Waals surface area (Å²) in [7, 11) is -3.43. The molecule has 1 aromatic heterocycles. The van der Waals surface area contributed by atoms with Gasteiger partial charge in [-0.1, -0.05) is 26.8 Å². The van der Waals surface area contributed by atoms with Crippen LogP contribution in [-0.2, 0) is 10.0 Å². The Hall–Kier alpha value is -1.55. The summed E-state index contributed by atoms with van der Waals surface area (Å²) < 4.78 is 67.9. The summed E-state index contributed by atoms with van der Waals surface area (Å²) in [4.78, 5) is 0. The molecule has 0 aromatic carbocycles. The normalized spacial score (nSPS) is 26.7. The molecule has 2 aliphatic rings. The molecule has 3 heterocycles. The number of sulfonamides is 1. The lowest BCUT2D eigenvalue weighted by atomic mass is 9.82. The standard InChI is InChI=1S/C18H27F3N4O2S/c1-5-8-28(26,27)24-7-6-12(11-24)13-9-16-22-14(17(2,3)4)10-15(18(19,20)21)25(16)23-13/h5,9,12,14-15,22H,1,6-8,10-11H2,2-4H3/t12?,14-,15+/m0/s1. The van der Waals surface area contributed by atoms with Crippen LogP contribution in [0.15, 0.2) is 18.7 Å². The molecule has 0 amide bonds. The van der Waals surface area contributed by atoms with Crippen molar-refractivity contribution in [1.82, 2.24) is 14.1 Å². The number of hydrogen-bond donors (Lipinski definition) is 1. The fraction of sp³-hybridized carbons (Fsp3) is 0.722. The number of alkyl halides is 3. The molecular weight excluding hydrogens is 393 g/mol. The second kappa shape index (κ2) is 7.05. The summed E-state index contributed by atoms with van der Waals surface area (Å²) in [6.45, 7) is 9.75. The number of rotatable bonds is 4. The molecule has 0 spiro atoms. The van der Waals surface area contributed by atoms with Gasteiger partial charge in [0, 0.05) is 31.1 Å². The average Bonchev–Trinajstić information content (AvgIpc) is 3.19. The van der Waals surface area contributed by atoms with Crippen LogP contribution in [0.25, 0.3) is 0 Å². The van der Waals surface area contributed by atoms with Crippen molar-refractivity contribution in [3.63, 3.8) is 0 Å². The van der Waals surface area contributed by atoms with Crippen molar-refractivity contribution >= 4 is 15.8 Å². The molecule has 0 aliphatic carbocycles. The van der Waals surface area contributed by atoms with E-state index in [0.717, 1.165) is 4.68 Å². The first-order valence-electron chi connectivity index (χ1n) is 9.34. The molecule has 0 saturated carbocycles. The highest BCUT2D eigenvalue weighted by Gasteiger charge is 2.48. The van der Waals surface area contributed by atoms with Crippen LogP contribution in [0.1, 0.15) is 51.3 Å². The molecular formula is C18H27F3N4O2S. The van der Waals surface area contributed by atoms with E-state index >= 15 is 0 Å². The summed E-state index contributed by atoms with van der Waals surface area (Å²) in [5, 5.41) is 7.45. The lowest BCUT2D eigenvalue weighted by Crippen LogP contribution is -2.44. The SMILES string of the molecule is C=CCS(=O)(=O)N1CCC(c2cc3n(n2)[C@@H](C(F)(F)F)C[C@@H](C(C)(C)C)N3)C1. The van der Waals surface area contributed by atoms with Gasteiger partial charge in [0.15, 0.2) is 6.04 Å². The smallest absolute Gasteiger partial charge is 0.367 e. The van der Waals surface area contributed by atoms with E-state index in [-0.39, 0.29) is 36.1 Å². The molecule has 2 aliphatic heterocycles. The highest BCUT2D eigenvalue weighted by molar-refractivity contribution is 7.89. The fourth-order valence-corrected chi connectivity index (χ4v) is 5.14. The molecule has 1 saturated heterocycles. The third-order valence-corrected chi connectivity index (χ3v) is 7.32. The van der Waals surface area contributed by atoms with Crippen LogP contribution in [0.3, 0.4) is 0 Å². The quantitative estimate of drug-likeness (QED) is 0.757. The van der Waals surface area contributed by atoms with Crippen LogP contribution < -0.4 is 5.32 Å². The molecule has 0 bridgehead atoms. The minimum absolute atomic E-state index is 0.0916. The van der Waals surface area contributed by atoms with Crippen LogP contribution in [-0.4, -0.2) is 53.6 Å². The number of anilines is 1. The van der Waals surface area contributed by atoms with Gasteiger partial charge in [-0.3, -0.25) is 0 Å². The maximum Gasteiger partial charge on any atom is 0.410 e. The summed E-state index contributed by atoms with van der Waals surface area (Å²) in [6.07, 6.45) is -2.63. The van der Waals surface area contributed by atoms with E-state index in [2.05, 4.69) is 17.0 Å². The van der Waals surface area contributed by atoms with Gasteiger partial charge in [-0.05, 0) is 18.3 Å². The van der Waals surface area contributed by atoms with Gasteiger partial charge in [0.1, 0.15) is 5.82 Å². The Morgan fingerprint density at radius 1 is 1.36 bits per heavy atom. The molecule has 1 N–H and O–H groups in total. The van der Waals surface area contributed by atoms with E-state index in [1.54, 1.807) is 6.07 Å². The summed E-state index contributed by atoms with van der Waals surface area (Å²) in [6, 6.07) is -0.391. The lowest BCUT2D eigenvalue weighted by Gasteiger charge is -2.39. The minimum Gasteiger partial charge on any atom is -0.367 e. The molecule has 1 aromatic rings. The zero-order valence-corrected chi connectivity index (χ0v) is 17.1. The Labute approximate surface area is 163 Å². The van der Waals surface area contributed by atoms with Gasteiger partial charge in [0.2, 0.25) is 10.0 Å². The van der Waals surface area contributed by atoms with Gasteiger partial charge >= 0.3 is 6.18 Å². The van der Waals surface area contributed by atoms with Crippen LogP contribution >= 0.6 is 0 Å². The molecule has 3 rings (SSSR count). The van der Waals surface area contributed by atoms with Crippen LogP contribution in [0, 0.1) is 5.41 Å². The van der Waals surface area contributed by atoms with Crippen molar-refractivity contribution in [1.29, 1.82) is 0 Å². The minimum atomic E-state index is -4.40. The van der Waals surface area contributed by atoms with Crippen LogP contribution in [0.5, 0.6) is 0 Å². The van der Waals surface area contributed by atoms with E-state index in [1.807, 2.05) is 20.8 Å². The largest absolute Gasteiger partial charge is 0.410 e. The lowest BCUT2D eigenvalue weighted by molar-refractivity contribution is -0.175. The molecule has 6 nitrogen and oxygen atoms in total. The highest BCUT2D eigenvalue weighted by Crippen LogP contribution is 2.44. The van der Waals surface area contributed by atoms with Crippen molar-refractivity contribution < 1.29 is 21.6 Å². The average molecular weight is 421 g/mol. The van der Waals surface area contributed by atoms with E-state index in [1.165, 1.54) is 10.4 Å². The van der Waals surface area contributed by atoms with E-state index in [4.69, 9.17) is 0 Å². The van der Waals surface area contributed by atoms with Gasteiger partial charge in [-0.2, -0.15) is 18.3 Å². The topological polar surface area (TPSA) is 67.2 Å². The highest BCUT2D eigenvalue weighted by atomic mass is 32.2. The monoisotopic (exact) mass is 420 g/mol. The summed E-state index contributed by atoms with van der Waals surface area (Å²) in [5.74, 6) is -0.0259. The Balaban J connectivity index is 1.88. The van der Waals surface area contributed by atoms with E-state index in [9.17, 15) is 21.6 Å². The van der Waals surface area contributed by atoms with Crippen molar-refractivity contribution in [3.05, 3.63) is 24.4 Å². The molecule has 1 fully saturated rings. The first-order valence-corrected chi connectivity index (χ1v) is 11.0. The number of fused-ring (bicyclic) bond motifs is 1. The Bertz CT molecular complexity index is 842. The predicted molar refractivity (Wildman–Crippen MR) is 102 cm³/mol. The summed E-state index contributed by atoms with van der Waals surface area (Å²) >= 11 is 0. The second-order valence-corrected chi connectivity index (χ2v) is 10.7. The van der Waals surface area contributed by atoms with Crippen molar-refractivity contribution in [2.45, 2.75) is 57.8 Å². The number of nitrogens with zero attached hydrogens (tertiary/aromatic N) is 3. The Kier molecular flexibility index (Phi) is 5.33. The van der Waals surface area contributed by atoms with Crippen molar-refractivity contribution in [2.75, 3.05) is 24.2 Å². The van der Waals surface area contributed by atoms with Gasteiger partial charge in [-0.15, -0.1) is 6.58 Å². The van der Waals surface area contributed by atoms with E-state index in [0.29, 0.717) is 24.5 Å². The van der Waals surface area contributed by atoms with Crippen LogP contribution in [0.4, 0.5) is 19.0 Å². The fourth-order valence-electron chi connectivity index (χ4n) is 3.84. The summed E-state index contributed by atoms with van der Waals surface area (Å²) in [5.41, 5.74) is 0.157. The maximum absolute atomic E-state index is 13.7. The third kappa shape index (κ3) is 4.07. The first-order chi connectivity index (χ1) is 12.8. The molecule has 10 heteroatoms. The third-order valence-electron chi connectivity index (χ3n) is 5.55. The molecule has 0 radical (unpaired) electrons. The van der Waals surface area contributed by atoms with Gasteiger partial charge in [0.05, 0.1) is 11.4 Å². The van der Waals surface area contributed by atoms with Gasteiger partial charge in [-0.25, -0.2) is 17.4 Å². The maximum atomic E-state index is 13.7. The van der Waals surface area contributed by atoms with Crippen molar-refractivity contribution in [2.24, 2.45) is 5.41 Å². The number of nitrogens with one attached hydrogen (secondary N) is 1. The molecule has 3 atom stereocenters. The number of halogens is 3. The Morgan fingerprint density at radius 3 is 2.61 bits per heavy atom. The zero-order chi connectivity index (χ0) is 20.9. The first kappa shape index (κ1) is 21.2. The zero-order valence-electron chi connectivity index (χ0n) is 16.3. The number of aromatic nitrogens is 2. The van der Waals surface area contributed by atoms with Gasteiger partial charge < -0.3 is 5.32 Å². The molecule has 28 heavy (non-hydrogen) atoms. The predicted octanol–water partition coefficient (Wildman–Crippen LogP) is 3.52. The van der Waals surface area contributed by atoms with Gasteiger partial charge in [0.25, 0.3) is 0 Å². The second-order valence-electron chi connectivity index (χ2n) is 8.67. The molecule has 158 valence electrons. The van der Waals surface area contributed by atoms with Crippen molar-refractivity contribution in [3.8, 4) is 0 Å². The number of hydrogen-bond acceptors (Lipinski definition) is 4. The Morgan fingerprint density at radius 2 is 2.04 bits per heavy atom. The molecule has 1 unspecified atom stereocenters. The van der Waals surface area contributed by atoms with Crippen LogP contribution in [0.2, 0.25) is 0 Å². The van der Waals surface area contributed by atoms with E-state index < -0.39 is 22.2 Å².